The van der Waals surface area contributed by atoms with Gasteiger partial charge in [0.25, 0.3) is 0 Å². The SMILES string of the molecule is CC(NCC(O)CN(C)C)c1nc2c(s1)CCCC2. The van der Waals surface area contributed by atoms with Crippen molar-refractivity contribution in [3.8, 4) is 0 Å². The first kappa shape index (κ1) is 14.9. The molecule has 0 aromatic carbocycles. The monoisotopic (exact) mass is 283 g/mol. The number of nitrogens with zero attached hydrogens (tertiary/aromatic N) is 2. The molecule has 0 saturated carbocycles. The highest BCUT2D eigenvalue weighted by molar-refractivity contribution is 7.11. The number of hydrogen-bond acceptors (Lipinski definition) is 5. The molecule has 1 aromatic heterocycles. The van der Waals surface area contributed by atoms with Crippen molar-refractivity contribution in [3.63, 3.8) is 0 Å². The molecule has 108 valence electrons. The van der Waals surface area contributed by atoms with E-state index in [1.807, 2.05) is 30.3 Å². The number of rotatable bonds is 6. The molecule has 19 heavy (non-hydrogen) atoms. The summed E-state index contributed by atoms with van der Waals surface area (Å²) in [5, 5.41) is 14.4. The Balaban J connectivity index is 1.85. The van der Waals surface area contributed by atoms with Crippen molar-refractivity contribution < 1.29 is 5.11 Å². The molecule has 2 atom stereocenters. The quantitative estimate of drug-likeness (QED) is 0.832. The first-order chi connectivity index (χ1) is 9.06. The highest BCUT2D eigenvalue weighted by Gasteiger charge is 2.18. The van der Waals surface area contributed by atoms with E-state index in [1.54, 1.807) is 0 Å². The summed E-state index contributed by atoms with van der Waals surface area (Å²) in [6, 6.07) is 0.229. The highest BCUT2D eigenvalue weighted by Crippen LogP contribution is 2.29. The molecule has 1 aromatic rings. The van der Waals surface area contributed by atoms with Gasteiger partial charge in [-0.25, -0.2) is 4.98 Å². The Labute approximate surface area is 119 Å². The molecule has 0 saturated heterocycles. The topological polar surface area (TPSA) is 48.4 Å². The second-order valence-electron chi connectivity index (χ2n) is 5.68. The lowest BCUT2D eigenvalue weighted by Gasteiger charge is -2.18. The second kappa shape index (κ2) is 6.79. The van der Waals surface area contributed by atoms with Crippen LogP contribution in [0.4, 0.5) is 0 Å². The summed E-state index contributed by atoms with van der Waals surface area (Å²) in [5.41, 5.74) is 1.31. The average Bonchev–Trinajstić information content (AvgIpc) is 2.78. The van der Waals surface area contributed by atoms with E-state index in [0.717, 1.165) is 6.42 Å². The lowest BCUT2D eigenvalue weighted by Crippen LogP contribution is -2.36. The molecule has 0 bridgehead atoms. The number of aliphatic hydroxyl groups excluding tert-OH is 1. The molecule has 4 nitrogen and oxygen atoms in total. The molecule has 2 N–H and O–H groups in total. The number of aromatic nitrogens is 1. The van der Waals surface area contributed by atoms with E-state index in [0.29, 0.717) is 13.1 Å². The summed E-state index contributed by atoms with van der Waals surface area (Å²) in [6.07, 6.45) is 4.59. The first-order valence-electron chi connectivity index (χ1n) is 7.11. The zero-order valence-electron chi connectivity index (χ0n) is 12.1. The minimum Gasteiger partial charge on any atom is -0.390 e. The van der Waals surface area contributed by atoms with E-state index in [9.17, 15) is 5.11 Å². The predicted octanol–water partition coefficient (Wildman–Crippen LogP) is 1.60. The van der Waals surface area contributed by atoms with Gasteiger partial charge in [0.05, 0.1) is 17.8 Å². The Morgan fingerprint density at radius 2 is 2.11 bits per heavy atom. The fourth-order valence-electron chi connectivity index (χ4n) is 2.44. The maximum absolute atomic E-state index is 9.86. The number of thiazole rings is 1. The van der Waals surface area contributed by atoms with Crippen LogP contribution < -0.4 is 5.32 Å². The van der Waals surface area contributed by atoms with Crippen LogP contribution in [-0.4, -0.2) is 48.3 Å². The van der Waals surface area contributed by atoms with Gasteiger partial charge in [-0.3, -0.25) is 0 Å². The Bertz CT molecular complexity index is 382. The van der Waals surface area contributed by atoms with Gasteiger partial charge >= 0.3 is 0 Å². The zero-order chi connectivity index (χ0) is 13.8. The van der Waals surface area contributed by atoms with Gasteiger partial charge in [-0.2, -0.15) is 0 Å². The molecular formula is C14H25N3OS. The van der Waals surface area contributed by atoms with Gasteiger partial charge in [0.1, 0.15) is 5.01 Å². The molecule has 0 spiro atoms. The van der Waals surface area contributed by atoms with Crippen LogP contribution >= 0.6 is 11.3 Å². The third-order valence-corrected chi connectivity index (χ3v) is 4.81. The summed E-state index contributed by atoms with van der Waals surface area (Å²) in [4.78, 5) is 8.23. The first-order valence-corrected chi connectivity index (χ1v) is 7.92. The lowest BCUT2D eigenvalue weighted by atomic mass is 10.0. The summed E-state index contributed by atoms with van der Waals surface area (Å²) < 4.78 is 0. The van der Waals surface area contributed by atoms with E-state index in [1.165, 1.54) is 34.8 Å². The number of nitrogens with one attached hydrogen (secondary N) is 1. The Kier molecular flexibility index (Phi) is 5.33. The van der Waals surface area contributed by atoms with E-state index in [4.69, 9.17) is 4.98 Å². The van der Waals surface area contributed by atoms with Crippen molar-refractivity contribution in [2.75, 3.05) is 27.2 Å². The van der Waals surface area contributed by atoms with Gasteiger partial charge in [0.2, 0.25) is 0 Å². The number of likely N-dealkylation sites (N-methyl/N-ethyl adjacent to an activating group) is 1. The molecule has 0 radical (unpaired) electrons. The van der Waals surface area contributed by atoms with E-state index < -0.39 is 0 Å². The minimum atomic E-state index is -0.327. The molecule has 2 unspecified atom stereocenters. The van der Waals surface area contributed by atoms with Crippen LogP contribution in [0.5, 0.6) is 0 Å². The fraction of sp³-hybridized carbons (Fsp3) is 0.786. The Hall–Kier alpha value is -0.490. The van der Waals surface area contributed by atoms with Crippen LogP contribution in [0.25, 0.3) is 0 Å². The van der Waals surface area contributed by atoms with Crippen LogP contribution in [0.2, 0.25) is 0 Å². The van der Waals surface area contributed by atoms with E-state index in [-0.39, 0.29) is 12.1 Å². The van der Waals surface area contributed by atoms with Crippen LogP contribution in [0.1, 0.15) is 41.4 Å². The van der Waals surface area contributed by atoms with Gasteiger partial charge in [-0.1, -0.05) is 0 Å². The Morgan fingerprint density at radius 3 is 2.79 bits per heavy atom. The number of aryl methyl sites for hydroxylation is 2. The predicted molar refractivity (Wildman–Crippen MR) is 79.7 cm³/mol. The molecule has 0 aliphatic heterocycles. The molecule has 1 heterocycles. The Morgan fingerprint density at radius 1 is 1.37 bits per heavy atom. The van der Waals surface area contributed by atoms with E-state index in [2.05, 4.69) is 12.2 Å². The lowest BCUT2D eigenvalue weighted by molar-refractivity contribution is 0.132. The maximum atomic E-state index is 9.86. The molecule has 0 fully saturated rings. The molecule has 1 aliphatic carbocycles. The standard InChI is InChI=1S/C14H25N3OS/c1-10(15-8-11(18)9-17(2)3)14-16-12-6-4-5-7-13(12)19-14/h10-11,15,18H,4-9H2,1-3H3. The second-order valence-corrected chi connectivity index (χ2v) is 6.79. The fourth-order valence-corrected chi connectivity index (χ4v) is 3.62. The third kappa shape index (κ3) is 4.24. The van der Waals surface area contributed by atoms with Gasteiger partial charge in [-0.15, -0.1) is 11.3 Å². The summed E-state index contributed by atoms with van der Waals surface area (Å²) in [7, 11) is 3.95. The van der Waals surface area contributed by atoms with Crippen LogP contribution in [0, 0.1) is 0 Å². The third-order valence-electron chi connectivity index (χ3n) is 3.47. The van der Waals surface area contributed by atoms with Gasteiger partial charge in [-0.05, 0) is 46.7 Å². The zero-order valence-corrected chi connectivity index (χ0v) is 13.0. The molecule has 5 heteroatoms. The summed E-state index contributed by atoms with van der Waals surface area (Å²) in [6.45, 7) is 3.43. The van der Waals surface area contributed by atoms with Gasteiger partial charge in [0, 0.05) is 18.0 Å². The van der Waals surface area contributed by atoms with Crippen molar-refractivity contribution in [2.45, 2.75) is 44.8 Å². The van der Waals surface area contributed by atoms with Crippen molar-refractivity contribution in [2.24, 2.45) is 0 Å². The van der Waals surface area contributed by atoms with Gasteiger partial charge in [0.15, 0.2) is 0 Å². The van der Waals surface area contributed by atoms with Crippen molar-refractivity contribution >= 4 is 11.3 Å². The minimum absolute atomic E-state index is 0.229. The molecule has 2 rings (SSSR count). The van der Waals surface area contributed by atoms with Crippen molar-refractivity contribution in [1.82, 2.24) is 15.2 Å². The number of hydrogen-bond donors (Lipinski definition) is 2. The smallest absolute Gasteiger partial charge is 0.110 e. The van der Waals surface area contributed by atoms with Crippen molar-refractivity contribution in [3.05, 3.63) is 15.6 Å². The van der Waals surface area contributed by atoms with Crippen LogP contribution in [0.15, 0.2) is 0 Å². The summed E-state index contributed by atoms with van der Waals surface area (Å²) >= 11 is 1.84. The van der Waals surface area contributed by atoms with E-state index >= 15 is 0 Å². The van der Waals surface area contributed by atoms with Gasteiger partial charge < -0.3 is 15.3 Å². The number of aliphatic hydroxyl groups is 1. The summed E-state index contributed by atoms with van der Waals surface area (Å²) in [5.74, 6) is 0. The highest BCUT2D eigenvalue weighted by atomic mass is 32.1. The molecular weight excluding hydrogens is 258 g/mol. The maximum Gasteiger partial charge on any atom is 0.110 e. The number of fused-ring (bicyclic) bond motifs is 1. The molecule has 1 aliphatic rings. The largest absolute Gasteiger partial charge is 0.390 e. The van der Waals surface area contributed by atoms with Crippen LogP contribution in [-0.2, 0) is 12.8 Å². The van der Waals surface area contributed by atoms with Crippen LogP contribution in [0.3, 0.4) is 0 Å². The van der Waals surface area contributed by atoms with Crippen molar-refractivity contribution in [1.29, 1.82) is 0 Å². The molecule has 0 amide bonds. The normalized spacial score (nSPS) is 18.4. The average molecular weight is 283 g/mol.